The van der Waals surface area contributed by atoms with Crippen LogP contribution in [0, 0.1) is 13.8 Å². The number of nitrogens with one attached hydrogen (secondary N) is 2. The van der Waals surface area contributed by atoms with Crippen LogP contribution in [0.3, 0.4) is 0 Å². The number of rotatable bonds is 7. The molecule has 0 bridgehead atoms. The summed E-state index contributed by atoms with van der Waals surface area (Å²) in [4.78, 5) is 16.7. The molecule has 0 unspecified atom stereocenters. The summed E-state index contributed by atoms with van der Waals surface area (Å²) in [5.74, 6) is 0.744. The van der Waals surface area contributed by atoms with Crippen molar-refractivity contribution in [1.29, 1.82) is 0 Å². The lowest BCUT2D eigenvalue weighted by molar-refractivity contribution is -0.122. The van der Waals surface area contributed by atoms with Crippen molar-refractivity contribution in [2.45, 2.75) is 32.1 Å². The zero-order valence-electron chi connectivity index (χ0n) is 13.0. The van der Waals surface area contributed by atoms with E-state index in [1.165, 1.54) is 0 Å². The number of H-pyrrole nitrogens is 1. The minimum Gasteiger partial charge on any atom is -0.354 e. The van der Waals surface area contributed by atoms with Gasteiger partial charge < -0.3 is 11.1 Å². The second kappa shape index (κ2) is 7.75. The van der Waals surface area contributed by atoms with Gasteiger partial charge in [-0.3, -0.25) is 9.89 Å². The first-order valence-electron chi connectivity index (χ1n) is 7.00. The van der Waals surface area contributed by atoms with E-state index in [9.17, 15) is 4.79 Å². The molecule has 22 heavy (non-hydrogen) atoms. The fourth-order valence-electron chi connectivity index (χ4n) is 2.23. The van der Waals surface area contributed by atoms with Gasteiger partial charge in [-0.15, -0.1) is 11.3 Å². The van der Waals surface area contributed by atoms with Gasteiger partial charge in [0.2, 0.25) is 5.91 Å². The Bertz CT molecular complexity index is 617. The molecule has 0 saturated heterocycles. The third-order valence-corrected chi connectivity index (χ3v) is 4.97. The highest BCUT2D eigenvalue weighted by Gasteiger charge is 2.21. The fourth-order valence-corrected chi connectivity index (χ4v) is 3.78. The Labute approximate surface area is 138 Å². The number of aromatic nitrogens is 3. The van der Waals surface area contributed by atoms with Crippen LogP contribution in [0.5, 0.6) is 0 Å². The van der Waals surface area contributed by atoms with E-state index in [1.807, 2.05) is 19.2 Å². The van der Waals surface area contributed by atoms with E-state index in [-0.39, 0.29) is 5.91 Å². The van der Waals surface area contributed by atoms with Crippen molar-refractivity contribution in [3.63, 3.8) is 0 Å². The lowest BCUT2D eigenvalue weighted by Crippen LogP contribution is -2.35. The Balaban J connectivity index is 1.84. The van der Waals surface area contributed by atoms with Crippen LogP contribution in [0.25, 0.3) is 0 Å². The van der Waals surface area contributed by atoms with Crippen LogP contribution >= 0.6 is 23.1 Å². The van der Waals surface area contributed by atoms with Gasteiger partial charge in [0.05, 0.1) is 11.4 Å². The first-order chi connectivity index (χ1) is 10.5. The van der Waals surface area contributed by atoms with E-state index in [0.717, 1.165) is 33.4 Å². The minimum atomic E-state index is -0.693. The van der Waals surface area contributed by atoms with E-state index in [4.69, 9.17) is 5.73 Å². The lowest BCUT2D eigenvalue weighted by Gasteiger charge is -2.12. The van der Waals surface area contributed by atoms with Gasteiger partial charge >= 0.3 is 0 Å². The van der Waals surface area contributed by atoms with E-state index < -0.39 is 6.04 Å². The molecule has 1 amide bonds. The van der Waals surface area contributed by atoms with E-state index >= 15 is 0 Å². The molecule has 0 spiro atoms. The van der Waals surface area contributed by atoms with Crippen LogP contribution in [0.15, 0.2) is 5.38 Å². The van der Waals surface area contributed by atoms with Crippen LogP contribution in [0.2, 0.25) is 0 Å². The number of hydrogen-bond acceptors (Lipinski definition) is 6. The number of amides is 1. The number of thioether (sulfide) groups is 1. The van der Waals surface area contributed by atoms with E-state index in [2.05, 4.69) is 26.8 Å². The summed E-state index contributed by atoms with van der Waals surface area (Å²) in [6.07, 6.45) is 2.77. The van der Waals surface area contributed by atoms with Crippen LogP contribution in [-0.4, -0.2) is 33.9 Å². The monoisotopic (exact) mass is 339 g/mol. The summed E-state index contributed by atoms with van der Waals surface area (Å²) in [5.41, 5.74) is 9.40. The highest BCUT2D eigenvalue weighted by atomic mass is 32.2. The first-order valence-corrected chi connectivity index (χ1v) is 9.27. The summed E-state index contributed by atoms with van der Waals surface area (Å²) < 4.78 is 0. The predicted octanol–water partition coefficient (Wildman–Crippen LogP) is 1.70. The number of nitrogens with two attached hydrogens (primary N) is 1. The second-order valence-electron chi connectivity index (χ2n) is 5.03. The van der Waals surface area contributed by atoms with Crippen molar-refractivity contribution < 1.29 is 4.79 Å². The molecular formula is C14H21N5OS2. The maximum absolute atomic E-state index is 12.1. The third-order valence-electron chi connectivity index (χ3n) is 3.33. The highest BCUT2D eigenvalue weighted by Crippen LogP contribution is 2.18. The van der Waals surface area contributed by atoms with Crippen molar-refractivity contribution in [2.75, 3.05) is 12.8 Å². The molecule has 4 N–H and O–H groups in total. The normalized spacial score (nSPS) is 12.4. The van der Waals surface area contributed by atoms with Gasteiger partial charge in [-0.2, -0.15) is 16.9 Å². The highest BCUT2D eigenvalue weighted by molar-refractivity contribution is 7.97. The van der Waals surface area contributed by atoms with Gasteiger partial charge in [0.1, 0.15) is 11.0 Å². The summed E-state index contributed by atoms with van der Waals surface area (Å²) in [5, 5.41) is 13.0. The van der Waals surface area contributed by atoms with Gasteiger partial charge in [0, 0.05) is 35.4 Å². The average Bonchev–Trinajstić information content (AvgIpc) is 3.06. The molecule has 0 aliphatic heterocycles. The number of aromatic amines is 1. The predicted molar refractivity (Wildman–Crippen MR) is 91.0 cm³/mol. The van der Waals surface area contributed by atoms with Crippen LogP contribution in [0.4, 0.5) is 0 Å². The van der Waals surface area contributed by atoms with Gasteiger partial charge in [0.15, 0.2) is 0 Å². The maximum atomic E-state index is 12.1. The number of aryl methyl sites for hydroxylation is 2. The molecule has 1 atom stereocenters. The van der Waals surface area contributed by atoms with Crippen molar-refractivity contribution >= 4 is 29.0 Å². The molecule has 0 fully saturated rings. The number of nitrogens with zero attached hydrogens (tertiary/aromatic N) is 2. The van der Waals surface area contributed by atoms with Crippen molar-refractivity contribution in [3.05, 3.63) is 33.0 Å². The minimum absolute atomic E-state index is 0.188. The van der Waals surface area contributed by atoms with Gasteiger partial charge in [0.25, 0.3) is 0 Å². The molecule has 6 nitrogen and oxygen atoms in total. The van der Waals surface area contributed by atoms with Crippen molar-refractivity contribution in [3.8, 4) is 0 Å². The molecule has 2 heterocycles. The van der Waals surface area contributed by atoms with Gasteiger partial charge in [-0.25, -0.2) is 4.98 Å². The zero-order chi connectivity index (χ0) is 16.1. The average molecular weight is 339 g/mol. The summed E-state index contributed by atoms with van der Waals surface area (Å²) in [7, 11) is 0. The zero-order valence-corrected chi connectivity index (χ0v) is 14.6. The SMILES string of the molecule is CSCc1nc(CCNC(=O)[C@H](N)c2c(C)n[nH]c2C)cs1. The fraction of sp³-hybridized carbons (Fsp3) is 0.500. The Morgan fingerprint density at radius 1 is 1.55 bits per heavy atom. The number of hydrogen-bond donors (Lipinski definition) is 3. The topological polar surface area (TPSA) is 96.7 Å². The molecular weight excluding hydrogens is 318 g/mol. The third kappa shape index (κ3) is 4.08. The summed E-state index contributed by atoms with van der Waals surface area (Å²) in [6, 6.07) is -0.693. The summed E-state index contributed by atoms with van der Waals surface area (Å²) in [6.45, 7) is 4.24. The molecule has 0 aromatic carbocycles. The molecule has 2 aromatic rings. The Hall–Kier alpha value is -1.38. The largest absolute Gasteiger partial charge is 0.354 e. The summed E-state index contributed by atoms with van der Waals surface area (Å²) >= 11 is 3.41. The van der Waals surface area contributed by atoms with Crippen molar-refractivity contribution in [1.82, 2.24) is 20.5 Å². The quantitative estimate of drug-likeness (QED) is 0.713. The molecule has 0 aliphatic carbocycles. The molecule has 2 aromatic heterocycles. The Morgan fingerprint density at radius 3 is 2.95 bits per heavy atom. The lowest BCUT2D eigenvalue weighted by atomic mass is 10.1. The molecule has 0 aliphatic rings. The van der Waals surface area contributed by atoms with Gasteiger partial charge in [-0.1, -0.05) is 0 Å². The molecule has 0 saturated carbocycles. The Kier molecular flexibility index (Phi) is 5.98. The molecule has 0 radical (unpaired) electrons. The van der Waals surface area contributed by atoms with E-state index in [0.29, 0.717) is 13.0 Å². The number of carbonyl (C=O) groups excluding carboxylic acids is 1. The van der Waals surface area contributed by atoms with Crippen LogP contribution in [0.1, 0.15) is 33.7 Å². The molecule has 2 rings (SSSR count). The number of carbonyl (C=O) groups is 1. The Morgan fingerprint density at radius 2 is 2.32 bits per heavy atom. The standard InChI is InChI=1S/C14H21N5OS2/c1-8-12(9(2)19-18-8)13(15)14(20)16-5-4-10-6-22-11(17-10)7-21-3/h6,13H,4-5,7,15H2,1-3H3,(H,16,20)(H,18,19)/t13-/m1/s1. The van der Waals surface area contributed by atoms with Gasteiger partial charge in [-0.05, 0) is 20.1 Å². The van der Waals surface area contributed by atoms with E-state index in [1.54, 1.807) is 23.1 Å². The van der Waals surface area contributed by atoms with Crippen LogP contribution in [-0.2, 0) is 17.0 Å². The molecule has 8 heteroatoms. The second-order valence-corrected chi connectivity index (χ2v) is 6.84. The maximum Gasteiger partial charge on any atom is 0.241 e. The first kappa shape index (κ1) is 17.0. The van der Waals surface area contributed by atoms with Crippen LogP contribution < -0.4 is 11.1 Å². The van der Waals surface area contributed by atoms with Crippen molar-refractivity contribution in [2.24, 2.45) is 5.73 Å². The molecule has 120 valence electrons. The smallest absolute Gasteiger partial charge is 0.241 e. The number of thiazole rings is 1.